The summed E-state index contributed by atoms with van der Waals surface area (Å²) in [5.41, 5.74) is 8.81. The molecule has 2 rings (SSSR count). The third-order valence-electron chi connectivity index (χ3n) is 3.29. The molecule has 2 aromatic carbocycles. The molecule has 0 spiro atoms. The van der Waals surface area contributed by atoms with Gasteiger partial charge in [0.15, 0.2) is 0 Å². The topological polar surface area (TPSA) is 55.1 Å². The van der Waals surface area contributed by atoms with E-state index in [0.717, 1.165) is 18.4 Å². The van der Waals surface area contributed by atoms with E-state index in [0.29, 0.717) is 12.1 Å². The SMILES string of the molecule is CC(N)Cc1cccc(C(=O)NCCc2ccccc2)c1. The van der Waals surface area contributed by atoms with E-state index >= 15 is 0 Å². The zero-order valence-corrected chi connectivity index (χ0v) is 12.4. The fourth-order valence-corrected chi connectivity index (χ4v) is 2.28. The lowest BCUT2D eigenvalue weighted by molar-refractivity contribution is 0.0954. The van der Waals surface area contributed by atoms with Crippen molar-refractivity contribution in [2.75, 3.05) is 6.54 Å². The van der Waals surface area contributed by atoms with Crippen molar-refractivity contribution < 1.29 is 4.79 Å². The molecule has 0 saturated heterocycles. The van der Waals surface area contributed by atoms with Crippen LogP contribution in [0.5, 0.6) is 0 Å². The van der Waals surface area contributed by atoms with Gasteiger partial charge in [0, 0.05) is 18.2 Å². The Kier molecular flexibility index (Phi) is 5.52. The van der Waals surface area contributed by atoms with Gasteiger partial charge in [-0.05, 0) is 43.0 Å². The van der Waals surface area contributed by atoms with Gasteiger partial charge in [0.1, 0.15) is 0 Å². The first kappa shape index (κ1) is 15.3. The van der Waals surface area contributed by atoms with Crippen LogP contribution in [0.4, 0.5) is 0 Å². The highest BCUT2D eigenvalue weighted by molar-refractivity contribution is 5.94. The van der Waals surface area contributed by atoms with E-state index in [1.807, 2.05) is 49.4 Å². The Morgan fingerprint density at radius 2 is 1.81 bits per heavy atom. The van der Waals surface area contributed by atoms with Gasteiger partial charge in [0.25, 0.3) is 5.91 Å². The lowest BCUT2D eigenvalue weighted by Crippen LogP contribution is -2.26. The first-order valence-electron chi connectivity index (χ1n) is 7.32. The molecule has 3 heteroatoms. The molecule has 110 valence electrons. The van der Waals surface area contributed by atoms with Crippen molar-refractivity contribution in [3.8, 4) is 0 Å². The summed E-state index contributed by atoms with van der Waals surface area (Å²) in [7, 11) is 0. The Balaban J connectivity index is 1.88. The van der Waals surface area contributed by atoms with Crippen LogP contribution >= 0.6 is 0 Å². The molecule has 3 N–H and O–H groups in total. The Morgan fingerprint density at radius 1 is 1.10 bits per heavy atom. The molecule has 0 aliphatic rings. The van der Waals surface area contributed by atoms with Gasteiger partial charge in [0.2, 0.25) is 0 Å². The molecule has 0 heterocycles. The zero-order valence-electron chi connectivity index (χ0n) is 12.4. The normalized spacial score (nSPS) is 11.9. The first-order valence-corrected chi connectivity index (χ1v) is 7.32. The highest BCUT2D eigenvalue weighted by atomic mass is 16.1. The number of benzene rings is 2. The molecule has 1 atom stereocenters. The zero-order chi connectivity index (χ0) is 15.1. The lowest BCUT2D eigenvalue weighted by atomic mass is 10.0. The summed E-state index contributed by atoms with van der Waals surface area (Å²) in [5.74, 6) is -0.0301. The van der Waals surface area contributed by atoms with E-state index in [-0.39, 0.29) is 11.9 Å². The number of carbonyl (C=O) groups is 1. The standard InChI is InChI=1S/C18H22N2O/c1-14(19)12-16-8-5-9-17(13-16)18(21)20-11-10-15-6-3-2-4-7-15/h2-9,13-14H,10-12,19H2,1H3,(H,20,21). The Hall–Kier alpha value is -2.13. The summed E-state index contributed by atoms with van der Waals surface area (Å²) in [6.45, 7) is 2.60. The van der Waals surface area contributed by atoms with Gasteiger partial charge in [-0.25, -0.2) is 0 Å². The summed E-state index contributed by atoms with van der Waals surface area (Å²) in [5, 5.41) is 2.96. The molecule has 0 fully saturated rings. The molecule has 0 aliphatic heterocycles. The Morgan fingerprint density at radius 3 is 2.52 bits per heavy atom. The van der Waals surface area contributed by atoms with Crippen LogP contribution in [0.3, 0.4) is 0 Å². The quantitative estimate of drug-likeness (QED) is 0.855. The van der Waals surface area contributed by atoms with Crippen molar-refractivity contribution in [3.05, 3.63) is 71.3 Å². The summed E-state index contributed by atoms with van der Waals surface area (Å²) >= 11 is 0. The van der Waals surface area contributed by atoms with Gasteiger partial charge in [-0.1, -0.05) is 42.5 Å². The maximum atomic E-state index is 12.1. The van der Waals surface area contributed by atoms with Crippen molar-refractivity contribution in [1.29, 1.82) is 0 Å². The smallest absolute Gasteiger partial charge is 0.251 e. The van der Waals surface area contributed by atoms with Crippen LogP contribution in [0.15, 0.2) is 54.6 Å². The summed E-state index contributed by atoms with van der Waals surface area (Å²) in [6.07, 6.45) is 1.62. The number of nitrogens with two attached hydrogens (primary N) is 1. The van der Waals surface area contributed by atoms with Crippen molar-refractivity contribution in [3.63, 3.8) is 0 Å². The third-order valence-corrected chi connectivity index (χ3v) is 3.29. The molecule has 1 amide bonds. The monoisotopic (exact) mass is 282 g/mol. The molecule has 2 aromatic rings. The van der Waals surface area contributed by atoms with E-state index in [9.17, 15) is 4.79 Å². The van der Waals surface area contributed by atoms with Crippen LogP contribution in [-0.2, 0) is 12.8 Å². The maximum Gasteiger partial charge on any atom is 0.251 e. The molecule has 0 radical (unpaired) electrons. The highest BCUT2D eigenvalue weighted by Gasteiger charge is 2.06. The Bertz CT molecular complexity index is 579. The molecule has 0 aromatic heterocycles. The molecule has 3 nitrogen and oxygen atoms in total. The van der Waals surface area contributed by atoms with Gasteiger partial charge in [-0.3, -0.25) is 4.79 Å². The number of amides is 1. The highest BCUT2D eigenvalue weighted by Crippen LogP contribution is 2.07. The summed E-state index contributed by atoms with van der Waals surface area (Å²) < 4.78 is 0. The van der Waals surface area contributed by atoms with E-state index in [4.69, 9.17) is 5.73 Å². The van der Waals surface area contributed by atoms with Crippen LogP contribution in [-0.4, -0.2) is 18.5 Å². The second-order valence-electron chi connectivity index (χ2n) is 5.37. The van der Waals surface area contributed by atoms with Gasteiger partial charge in [0.05, 0.1) is 0 Å². The molecular formula is C18H22N2O. The number of carbonyl (C=O) groups excluding carboxylic acids is 1. The maximum absolute atomic E-state index is 12.1. The van der Waals surface area contributed by atoms with Gasteiger partial charge in [-0.2, -0.15) is 0 Å². The van der Waals surface area contributed by atoms with E-state index in [1.165, 1.54) is 5.56 Å². The third kappa shape index (κ3) is 5.04. The average molecular weight is 282 g/mol. The minimum Gasteiger partial charge on any atom is -0.352 e. The van der Waals surface area contributed by atoms with Crippen molar-refractivity contribution in [2.45, 2.75) is 25.8 Å². The molecule has 0 saturated carbocycles. The largest absolute Gasteiger partial charge is 0.352 e. The van der Waals surface area contributed by atoms with E-state index < -0.39 is 0 Å². The summed E-state index contributed by atoms with van der Waals surface area (Å²) in [6, 6.07) is 17.9. The fourth-order valence-electron chi connectivity index (χ4n) is 2.28. The second kappa shape index (κ2) is 7.60. The van der Waals surface area contributed by atoms with Crippen molar-refractivity contribution in [1.82, 2.24) is 5.32 Å². The van der Waals surface area contributed by atoms with Crippen molar-refractivity contribution >= 4 is 5.91 Å². The molecule has 1 unspecified atom stereocenters. The van der Waals surface area contributed by atoms with Crippen LogP contribution < -0.4 is 11.1 Å². The second-order valence-corrected chi connectivity index (χ2v) is 5.37. The molecule has 0 aliphatic carbocycles. The van der Waals surface area contributed by atoms with Gasteiger partial charge in [-0.15, -0.1) is 0 Å². The van der Waals surface area contributed by atoms with Gasteiger partial charge >= 0.3 is 0 Å². The fraction of sp³-hybridized carbons (Fsp3) is 0.278. The lowest BCUT2D eigenvalue weighted by Gasteiger charge is -2.08. The summed E-state index contributed by atoms with van der Waals surface area (Å²) in [4.78, 5) is 12.1. The first-order chi connectivity index (χ1) is 10.1. The number of nitrogens with one attached hydrogen (secondary N) is 1. The van der Waals surface area contributed by atoms with Crippen molar-refractivity contribution in [2.24, 2.45) is 5.73 Å². The molecular weight excluding hydrogens is 260 g/mol. The van der Waals surface area contributed by atoms with Crippen LogP contribution in [0.25, 0.3) is 0 Å². The minimum atomic E-state index is -0.0301. The van der Waals surface area contributed by atoms with Crippen LogP contribution in [0.1, 0.15) is 28.4 Å². The van der Waals surface area contributed by atoms with Crippen LogP contribution in [0, 0.1) is 0 Å². The van der Waals surface area contributed by atoms with Gasteiger partial charge < -0.3 is 11.1 Å². The predicted molar refractivity (Wildman–Crippen MR) is 86.3 cm³/mol. The Labute approximate surface area is 126 Å². The molecule has 0 bridgehead atoms. The number of rotatable bonds is 6. The number of hydrogen-bond donors (Lipinski definition) is 2. The minimum absolute atomic E-state index is 0.0301. The van der Waals surface area contributed by atoms with E-state index in [2.05, 4.69) is 17.4 Å². The number of hydrogen-bond acceptors (Lipinski definition) is 2. The predicted octanol–water partition coefficient (Wildman–Crippen LogP) is 2.55. The van der Waals surface area contributed by atoms with E-state index in [1.54, 1.807) is 0 Å². The van der Waals surface area contributed by atoms with Crippen LogP contribution in [0.2, 0.25) is 0 Å². The molecule has 21 heavy (non-hydrogen) atoms. The average Bonchev–Trinajstić information content (AvgIpc) is 2.48.